The molecular formula is C34H52. The van der Waals surface area contributed by atoms with Crippen LogP contribution < -0.4 is 10.4 Å². The fourth-order valence-corrected chi connectivity index (χ4v) is 4.39. The molecule has 0 N–H and O–H groups in total. The molecule has 0 radical (unpaired) electrons. The lowest BCUT2D eigenvalue weighted by Crippen LogP contribution is -2.28. The van der Waals surface area contributed by atoms with Crippen LogP contribution in [0.2, 0.25) is 0 Å². The zero-order valence-electron chi connectivity index (χ0n) is 24.9. The summed E-state index contributed by atoms with van der Waals surface area (Å²) in [5.74, 6) is 0. The molecule has 0 fully saturated rings. The third-order valence-corrected chi connectivity index (χ3v) is 5.38. The summed E-state index contributed by atoms with van der Waals surface area (Å²) in [6, 6.07) is 8.98. The van der Waals surface area contributed by atoms with E-state index < -0.39 is 0 Å². The van der Waals surface area contributed by atoms with Crippen molar-refractivity contribution < 1.29 is 0 Å². The number of aryl methyl sites for hydroxylation is 2. The summed E-state index contributed by atoms with van der Waals surface area (Å²) in [5.41, 5.74) is 7.34. The van der Waals surface area contributed by atoms with E-state index in [0.29, 0.717) is 0 Å². The maximum absolute atomic E-state index is 4.27. The van der Waals surface area contributed by atoms with Crippen LogP contribution in [0.3, 0.4) is 0 Å². The van der Waals surface area contributed by atoms with E-state index in [9.17, 15) is 0 Å². The van der Waals surface area contributed by atoms with Gasteiger partial charge >= 0.3 is 0 Å². The van der Waals surface area contributed by atoms with Crippen LogP contribution in [0.1, 0.15) is 105 Å². The van der Waals surface area contributed by atoms with Crippen molar-refractivity contribution in [3.63, 3.8) is 0 Å². The number of hydrogen-bond acceptors (Lipinski definition) is 0. The molecule has 3 aromatic rings. The molecule has 0 saturated heterocycles. The summed E-state index contributed by atoms with van der Waals surface area (Å²) in [7, 11) is 0. The second kappa shape index (κ2) is 16.9. The maximum atomic E-state index is 4.27. The SMILES string of the molecule is C=C(C)c1c(C)ccc2c1c(=C\C)/c(=C/C)c1c(C(=C)C)c(C)ccc12.CC.CC.CC.CC. The summed E-state index contributed by atoms with van der Waals surface area (Å²) < 4.78 is 0. The van der Waals surface area contributed by atoms with Gasteiger partial charge in [0, 0.05) is 0 Å². The molecule has 0 saturated carbocycles. The quantitative estimate of drug-likeness (QED) is 0.334. The number of hydrogen-bond donors (Lipinski definition) is 0. The molecule has 0 aliphatic heterocycles. The largest absolute Gasteiger partial charge is 0.0955 e. The molecular weight excluding hydrogens is 408 g/mol. The molecule has 0 nitrogen and oxygen atoms in total. The highest BCUT2D eigenvalue weighted by atomic mass is 14.2. The third kappa shape index (κ3) is 6.72. The van der Waals surface area contributed by atoms with Gasteiger partial charge in [-0.25, -0.2) is 0 Å². The minimum Gasteiger partial charge on any atom is -0.0955 e. The van der Waals surface area contributed by atoms with E-state index in [1.807, 2.05) is 55.4 Å². The van der Waals surface area contributed by atoms with Gasteiger partial charge in [0.1, 0.15) is 0 Å². The summed E-state index contributed by atoms with van der Waals surface area (Å²) in [4.78, 5) is 0. The second-order valence-electron chi connectivity index (χ2n) is 7.33. The Labute approximate surface area is 211 Å². The van der Waals surface area contributed by atoms with Crippen LogP contribution >= 0.6 is 0 Å². The van der Waals surface area contributed by atoms with Crippen LogP contribution in [-0.2, 0) is 0 Å². The normalized spacial score (nSPS) is 10.6. The number of rotatable bonds is 2. The predicted molar refractivity (Wildman–Crippen MR) is 165 cm³/mol. The number of fused-ring (bicyclic) bond motifs is 3. The van der Waals surface area contributed by atoms with Crippen LogP contribution in [0.5, 0.6) is 0 Å². The van der Waals surface area contributed by atoms with Crippen molar-refractivity contribution in [2.24, 2.45) is 0 Å². The van der Waals surface area contributed by atoms with Crippen molar-refractivity contribution in [2.45, 2.75) is 96.9 Å². The molecule has 0 aliphatic rings. The lowest BCUT2D eigenvalue weighted by Gasteiger charge is -2.18. The number of allylic oxidation sites excluding steroid dienone is 2. The zero-order chi connectivity index (χ0) is 27.2. The van der Waals surface area contributed by atoms with Gasteiger partial charge in [0.05, 0.1) is 0 Å². The van der Waals surface area contributed by atoms with E-state index in [1.54, 1.807) is 0 Å². The third-order valence-electron chi connectivity index (χ3n) is 5.38. The Balaban J connectivity index is 0. The average molecular weight is 461 g/mol. The fourth-order valence-electron chi connectivity index (χ4n) is 4.39. The monoisotopic (exact) mass is 460 g/mol. The lowest BCUT2D eigenvalue weighted by atomic mass is 9.86. The van der Waals surface area contributed by atoms with Crippen molar-refractivity contribution in [3.05, 3.63) is 70.1 Å². The standard InChI is InChI=1S/C26H28.4C2H6/c1-9-19-20(10-2)26-22(14-12-18(8)24(26)16(5)6)21-13-11-17(7)23(15(3)4)25(19)21;4*1-2/h9-14H,3,5H2,1-2,4,6-8H3;4*1-2H3/b19-9-,20-10-;;;;. The van der Waals surface area contributed by atoms with Gasteiger partial charge in [-0.1, -0.05) is 116 Å². The molecule has 0 aliphatic carbocycles. The highest BCUT2D eigenvalue weighted by Crippen LogP contribution is 2.32. The molecule has 0 spiro atoms. The maximum Gasteiger partial charge on any atom is -0.00247 e. The first-order chi connectivity index (χ1) is 16.3. The van der Waals surface area contributed by atoms with E-state index in [-0.39, 0.29) is 0 Å². The molecule has 0 atom stereocenters. The van der Waals surface area contributed by atoms with Crippen LogP contribution in [0.25, 0.3) is 44.8 Å². The lowest BCUT2D eigenvalue weighted by molar-refractivity contribution is 1.42. The highest BCUT2D eigenvalue weighted by Gasteiger charge is 2.15. The Hall–Kier alpha value is -2.60. The van der Waals surface area contributed by atoms with Gasteiger partial charge in [-0.05, 0) is 95.8 Å². The highest BCUT2D eigenvalue weighted by molar-refractivity contribution is 6.14. The van der Waals surface area contributed by atoms with Crippen LogP contribution in [0.15, 0.2) is 37.4 Å². The van der Waals surface area contributed by atoms with Crippen molar-refractivity contribution in [1.82, 2.24) is 0 Å². The van der Waals surface area contributed by atoms with Gasteiger partial charge in [-0.15, -0.1) is 0 Å². The molecule has 0 bridgehead atoms. The van der Waals surface area contributed by atoms with Gasteiger partial charge in [0.2, 0.25) is 0 Å². The average Bonchev–Trinajstić information content (AvgIpc) is 2.87. The molecule has 3 aromatic carbocycles. The van der Waals surface area contributed by atoms with Gasteiger partial charge < -0.3 is 0 Å². The molecule has 188 valence electrons. The smallest absolute Gasteiger partial charge is 0.00247 e. The van der Waals surface area contributed by atoms with Crippen LogP contribution in [0.4, 0.5) is 0 Å². The van der Waals surface area contributed by atoms with Crippen molar-refractivity contribution >= 4 is 44.8 Å². The first-order valence-corrected chi connectivity index (χ1v) is 13.3. The van der Waals surface area contributed by atoms with E-state index in [0.717, 1.165) is 11.1 Å². The Kier molecular flexibility index (Phi) is 16.7. The number of benzene rings is 3. The molecule has 0 amide bonds. The summed E-state index contributed by atoms with van der Waals surface area (Å²) in [6.45, 7) is 37.4. The van der Waals surface area contributed by atoms with Crippen molar-refractivity contribution in [3.8, 4) is 0 Å². The van der Waals surface area contributed by atoms with Gasteiger partial charge in [-0.3, -0.25) is 0 Å². The first-order valence-electron chi connectivity index (χ1n) is 13.3. The summed E-state index contributed by atoms with van der Waals surface area (Å²) in [6.07, 6.45) is 4.49. The first kappa shape index (κ1) is 33.6. The topological polar surface area (TPSA) is 0 Å². The van der Waals surface area contributed by atoms with E-state index in [1.165, 1.54) is 54.2 Å². The Bertz CT molecular complexity index is 1100. The summed E-state index contributed by atoms with van der Waals surface area (Å²) in [5, 5.41) is 7.82. The Morgan fingerprint density at radius 3 is 1.03 bits per heavy atom. The van der Waals surface area contributed by atoms with Crippen molar-refractivity contribution in [1.29, 1.82) is 0 Å². The van der Waals surface area contributed by atoms with Gasteiger partial charge in [0.25, 0.3) is 0 Å². The fraction of sp³-hybridized carbons (Fsp3) is 0.412. The minimum absolute atomic E-state index is 1.12. The van der Waals surface area contributed by atoms with Crippen LogP contribution in [0, 0.1) is 13.8 Å². The van der Waals surface area contributed by atoms with E-state index in [4.69, 9.17) is 0 Å². The Morgan fingerprint density at radius 2 is 0.824 bits per heavy atom. The van der Waals surface area contributed by atoms with Gasteiger partial charge in [-0.2, -0.15) is 0 Å². The van der Waals surface area contributed by atoms with E-state index in [2.05, 4.69) is 91.1 Å². The summed E-state index contributed by atoms with van der Waals surface area (Å²) >= 11 is 0. The predicted octanol–water partition coefficient (Wildman–Crippen LogP) is 10.4. The van der Waals surface area contributed by atoms with Gasteiger partial charge in [0.15, 0.2) is 0 Å². The molecule has 0 unspecified atom stereocenters. The van der Waals surface area contributed by atoms with Crippen LogP contribution in [-0.4, -0.2) is 0 Å². The molecule has 34 heavy (non-hydrogen) atoms. The molecule has 0 heteroatoms. The molecule has 0 heterocycles. The second-order valence-corrected chi connectivity index (χ2v) is 7.33. The molecule has 3 rings (SSSR count). The molecule has 0 aromatic heterocycles. The van der Waals surface area contributed by atoms with Crippen molar-refractivity contribution in [2.75, 3.05) is 0 Å². The van der Waals surface area contributed by atoms with E-state index >= 15 is 0 Å². The Morgan fingerprint density at radius 1 is 0.559 bits per heavy atom. The minimum atomic E-state index is 1.12. The zero-order valence-corrected chi connectivity index (χ0v) is 24.9.